The Morgan fingerprint density at radius 1 is 1.30 bits per heavy atom. The molecule has 3 nitrogen and oxygen atoms in total. The Kier molecular flexibility index (Phi) is 5.15. The van der Waals surface area contributed by atoms with Crippen LogP contribution in [-0.4, -0.2) is 12.2 Å². The molecule has 5 heteroatoms. The number of phenols is 1. The Hall–Kier alpha value is -0.950. The van der Waals surface area contributed by atoms with Crippen LogP contribution in [0.4, 0.5) is 5.69 Å². The Morgan fingerprint density at radius 2 is 2.05 bits per heavy atom. The lowest BCUT2D eigenvalue weighted by atomic mass is 10.1. The summed E-state index contributed by atoms with van der Waals surface area (Å²) in [5.41, 5.74) is 3.33. The van der Waals surface area contributed by atoms with E-state index in [1.807, 2.05) is 24.3 Å². The molecule has 0 aromatic heterocycles. The van der Waals surface area contributed by atoms with Crippen molar-refractivity contribution in [2.45, 2.75) is 13.5 Å². The largest absolute Gasteiger partial charge is 0.504 e. The van der Waals surface area contributed by atoms with Crippen LogP contribution in [0.15, 0.2) is 34.8 Å². The molecule has 0 aliphatic heterocycles. The van der Waals surface area contributed by atoms with Crippen molar-refractivity contribution < 1.29 is 9.84 Å². The summed E-state index contributed by atoms with van der Waals surface area (Å²) in [5, 5.41) is 13.2. The summed E-state index contributed by atoms with van der Waals surface area (Å²) >= 11 is 5.56. The maximum atomic E-state index is 9.82. The van der Waals surface area contributed by atoms with Gasteiger partial charge in [-0.3, -0.25) is 0 Å². The molecule has 0 aliphatic carbocycles. The summed E-state index contributed by atoms with van der Waals surface area (Å²) in [7, 11) is 1.56. The van der Waals surface area contributed by atoms with Crippen LogP contribution in [-0.2, 0) is 6.54 Å². The summed E-state index contributed by atoms with van der Waals surface area (Å²) < 4.78 is 7.02. The molecule has 0 heterocycles. The van der Waals surface area contributed by atoms with E-state index in [-0.39, 0.29) is 5.75 Å². The Bertz CT molecular complexity index is 632. The van der Waals surface area contributed by atoms with Gasteiger partial charge in [-0.05, 0) is 71.0 Å². The first-order valence-corrected chi connectivity index (χ1v) is 7.94. The van der Waals surface area contributed by atoms with Crippen LogP contribution in [0.3, 0.4) is 0 Å². The third kappa shape index (κ3) is 3.58. The van der Waals surface area contributed by atoms with Gasteiger partial charge in [0.1, 0.15) is 0 Å². The fraction of sp³-hybridized carbons (Fsp3) is 0.200. The highest BCUT2D eigenvalue weighted by Gasteiger charge is 2.08. The molecule has 2 aromatic rings. The fourth-order valence-electron chi connectivity index (χ4n) is 1.91. The highest BCUT2D eigenvalue weighted by Crippen LogP contribution is 2.32. The molecule has 0 spiro atoms. The standard InChI is InChI=1S/C15H15BrINO2/c1-9-5-11(16)3-4-13(9)18-8-10-6-12(17)15(19)14(7-10)20-2/h3-7,18-19H,8H2,1-2H3. The Labute approximate surface area is 140 Å². The van der Waals surface area contributed by atoms with Crippen molar-refractivity contribution in [1.82, 2.24) is 0 Å². The van der Waals surface area contributed by atoms with E-state index < -0.39 is 0 Å². The number of aromatic hydroxyl groups is 1. The van der Waals surface area contributed by atoms with Crippen LogP contribution in [0.25, 0.3) is 0 Å². The minimum atomic E-state index is 0.191. The summed E-state index contributed by atoms with van der Waals surface area (Å²) in [6.07, 6.45) is 0. The van der Waals surface area contributed by atoms with Gasteiger partial charge in [0.05, 0.1) is 10.7 Å². The lowest BCUT2D eigenvalue weighted by molar-refractivity contribution is 0.371. The number of nitrogens with one attached hydrogen (secondary N) is 1. The fourth-order valence-corrected chi connectivity index (χ4v) is 3.05. The summed E-state index contributed by atoms with van der Waals surface area (Å²) in [6.45, 7) is 2.74. The highest BCUT2D eigenvalue weighted by atomic mass is 127. The van der Waals surface area contributed by atoms with Gasteiger partial charge in [0.2, 0.25) is 0 Å². The molecular formula is C15H15BrINO2. The predicted molar refractivity (Wildman–Crippen MR) is 93.6 cm³/mol. The van der Waals surface area contributed by atoms with Gasteiger partial charge in [-0.15, -0.1) is 0 Å². The molecule has 0 atom stereocenters. The minimum absolute atomic E-state index is 0.191. The number of methoxy groups -OCH3 is 1. The van der Waals surface area contributed by atoms with Crippen molar-refractivity contribution in [2.75, 3.05) is 12.4 Å². The van der Waals surface area contributed by atoms with E-state index in [4.69, 9.17) is 4.74 Å². The zero-order valence-electron chi connectivity index (χ0n) is 11.2. The van der Waals surface area contributed by atoms with Crippen LogP contribution < -0.4 is 10.1 Å². The molecule has 0 unspecified atom stereocenters. The van der Waals surface area contributed by atoms with Crippen LogP contribution >= 0.6 is 38.5 Å². The van der Waals surface area contributed by atoms with E-state index in [9.17, 15) is 5.11 Å². The van der Waals surface area contributed by atoms with E-state index in [1.165, 1.54) is 5.56 Å². The van der Waals surface area contributed by atoms with E-state index in [1.54, 1.807) is 7.11 Å². The summed E-state index contributed by atoms with van der Waals surface area (Å²) in [6, 6.07) is 9.92. The molecule has 2 aromatic carbocycles. The lowest BCUT2D eigenvalue weighted by Crippen LogP contribution is -2.02. The average Bonchev–Trinajstić information content (AvgIpc) is 2.41. The minimum Gasteiger partial charge on any atom is -0.504 e. The van der Waals surface area contributed by atoms with E-state index in [0.717, 1.165) is 19.3 Å². The molecule has 20 heavy (non-hydrogen) atoms. The molecule has 0 saturated heterocycles. The van der Waals surface area contributed by atoms with Crippen molar-refractivity contribution >= 4 is 44.2 Å². The second-order valence-electron chi connectivity index (χ2n) is 4.44. The first-order valence-electron chi connectivity index (χ1n) is 6.06. The number of aryl methyl sites for hydroxylation is 1. The molecule has 2 rings (SSSR count). The van der Waals surface area contributed by atoms with Gasteiger partial charge in [0.15, 0.2) is 11.5 Å². The Balaban J connectivity index is 2.16. The van der Waals surface area contributed by atoms with Gasteiger partial charge >= 0.3 is 0 Å². The average molecular weight is 448 g/mol. The van der Waals surface area contributed by atoms with Crippen molar-refractivity contribution in [1.29, 1.82) is 0 Å². The topological polar surface area (TPSA) is 41.5 Å². The number of phenolic OH excluding ortho intramolecular Hbond substituents is 1. The van der Waals surface area contributed by atoms with Gasteiger partial charge in [-0.2, -0.15) is 0 Å². The second kappa shape index (κ2) is 6.67. The lowest BCUT2D eigenvalue weighted by Gasteiger charge is -2.12. The number of ether oxygens (including phenoxy) is 1. The second-order valence-corrected chi connectivity index (χ2v) is 6.52. The van der Waals surface area contributed by atoms with Gasteiger partial charge in [0, 0.05) is 16.7 Å². The van der Waals surface area contributed by atoms with Gasteiger partial charge in [-0.1, -0.05) is 15.9 Å². The molecule has 0 radical (unpaired) electrons. The highest BCUT2D eigenvalue weighted by molar-refractivity contribution is 14.1. The van der Waals surface area contributed by atoms with E-state index >= 15 is 0 Å². The first-order chi connectivity index (χ1) is 9.51. The van der Waals surface area contributed by atoms with Gasteiger partial charge in [-0.25, -0.2) is 0 Å². The first kappa shape index (κ1) is 15.4. The van der Waals surface area contributed by atoms with Crippen LogP contribution in [0.2, 0.25) is 0 Å². The van der Waals surface area contributed by atoms with Gasteiger partial charge < -0.3 is 15.2 Å². The third-order valence-corrected chi connectivity index (χ3v) is 4.30. The van der Waals surface area contributed by atoms with Crippen molar-refractivity contribution in [3.63, 3.8) is 0 Å². The Morgan fingerprint density at radius 3 is 2.70 bits per heavy atom. The molecule has 0 bridgehead atoms. The quantitative estimate of drug-likeness (QED) is 0.668. The molecular weight excluding hydrogens is 433 g/mol. The van der Waals surface area contributed by atoms with Crippen molar-refractivity contribution in [3.05, 3.63) is 49.5 Å². The molecule has 2 N–H and O–H groups in total. The van der Waals surface area contributed by atoms with Crippen molar-refractivity contribution in [2.24, 2.45) is 0 Å². The predicted octanol–water partition coefficient (Wildman–Crippen LogP) is 4.69. The number of halogens is 2. The van der Waals surface area contributed by atoms with Crippen LogP contribution in [0.5, 0.6) is 11.5 Å². The smallest absolute Gasteiger partial charge is 0.171 e. The van der Waals surface area contributed by atoms with Crippen LogP contribution in [0, 0.1) is 10.5 Å². The van der Waals surface area contributed by atoms with E-state index in [2.05, 4.69) is 56.8 Å². The monoisotopic (exact) mass is 447 g/mol. The summed E-state index contributed by atoms with van der Waals surface area (Å²) in [4.78, 5) is 0. The van der Waals surface area contributed by atoms with Gasteiger partial charge in [0.25, 0.3) is 0 Å². The SMILES string of the molecule is COc1cc(CNc2ccc(Br)cc2C)cc(I)c1O. The molecule has 0 aliphatic rings. The van der Waals surface area contributed by atoms with Crippen molar-refractivity contribution in [3.8, 4) is 11.5 Å². The zero-order chi connectivity index (χ0) is 14.7. The maximum Gasteiger partial charge on any atom is 0.171 e. The molecule has 106 valence electrons. The number of hydrogen-bond acceptors (Lipinski definition) is 3. The number of anilines is 1. The zero-order valence-corrected chi connectivity index (χ0v) is 14.9. The molecule has 0 saturated carbocycles. The molecule has 0 fully saturated rings. The molecule has 0 amide bonds. The number of rotatable bonds is 4. The third-order valence-electron chi connectivity index (χ3n) is 2.98. The van der Waals surface area contributed by atoms with Crippen LogP contribution in [0.1, 0.15) is 11.1 Å². The normalized spacial score (nSPS) is 10.4. The van der Waals surface area contributed by atoms with E-state index in [0.29, 0.717) is 12.3 Å². The summed E-state index contributed by atoms with van der Waals surface area (Å²) in [5.74, 6) is 0.693. The maximum absolute atomic E-state index is 9.82. The number of hydrogen-bond donors (Lipinski definition) is 2. The number of benzene rings is 2.